The van der Waals surface area contributed by atoms with Gasteiger partial charge in [-0.1, -0.05) is 71.4 Å². The first-order valence-corrected chi connectivity index (χ1v) is 12.0. The Morgan fingerprint density at radius 1 is 1.06 bits per heavy atom. The molecule has 0 aliphatic carbocycles. The largest absolute Gasteiger partial charge is 0.504 e. The average Bonchev–Trinajstić information content (AvgIpc) is 3.36. The van der Waals surface area contributed by atoms with Crippen LogP contribution in [0, 0.1) is 6.92 Å². The molecule has 0 radical (unpaired) electrons. The summed E-state index contributed by atoms with van der Waals surface area (Å²) in [5, 5.41) is 18.7. The predicted octanol–water partition coefficient (Wildman–Crippen LogP) is 5.62. The van der Waals surface area contributed by atoms with Crippen LogP contribution >= 0.6 is 12.2 Å². The first-order chi connectivity index (χ1) is 17.4. The molecule has 0 fully saturated rings. The quantitative estimate of drug-likeness (QED) is 0.331. The van der Waals surface area contributed by atoms with Gasteiger partial charge in [-0.3, -0.25) is 0 Å². The zero-order valence-corrected chi connectivity index (χ0v) is 21.0. The summed E-state index contributed by atoms with van der Waals surface area (Å²) >= 11 is 5.81. The van der Waals surface area contributed by atoms with Gasteiger partial charge in [0.1, 0.15) is 0 Å². The van der Waals surface area contributed by atoms with Crippen molar-refractivity contribution in [1.29, 1.82) is 0 Å². The summed E-state index contributed by atoms with van der Waals surface area (Å²) in [4.78, 5) is 6.77. The summed E-state index contributed by atoms with van der Waals surface area (Å²) in [6.45, 7) is 4.66. The maximum atomic E-state index is 10.5. The lowest BCUT2D eigenvalue weighted by molar-refractivity contribution is 0.372. The third-order valence-electron chi connectivity index (χ3n) is 6.24. The molecule has 0 saturated heterocycles. The number of rotatable bonds is 6. The number of nitrogens with zero attached hydrogens (tertiary/aromatic N) is 3. The van der Waals surface area contributed by atoms with Gasteiger partial charge in [0, 0.05) is 17.8 Å². The fourth-order valence-corrected chi connectivity index (χ4v) is 4.74. The van der Waals surface area contributed by atoms with E-state index in [9.17, 15) is 5.11 Å². The topological polar surface area (TPSA) is 83.7 Å². The lowest BCUT2D eigenvalue weighted by Gasteiger charge is -2.37. The predicted molar refractivity (Wildman–Crippen MR) is 142 cm³/mol. The monoisotopic (exact) mass is 498 g/mol. The second kappa shape index (κ2) is 9.83. The van der Waals surface area contributed by atoms with E-state index in [0.29, 0.717) is 29.1 Å². The molecule has 1 aromatic heterocycles. The molecule has 36 heavy (non-hydrogen) atoms. The van der Waals surface area contributed by atoms with Crippen LogP contribution in [0.1, 0.15) is 35.5 Å². The maximum absolute atomic E-state index is 10.5. The number of hydrogen-bond acceptors (Lipinski definition) is 6. The summed E-state index contributed by atoms with van der Waals surface area (Å²) in [6.07, 6.45) is 0. The van der Waals surface area contributed by atoms with Crippen LogP contribution in [0.5, 0.6) is 11.5 Å². The van der Waals surface area contributed by atoms with Crippen molar-refractivity contribution in [2.45, 2.75) is 26.4 Å². The number of thiocarbonyl (C=S) groups is 1. The van der Waals surface area contributed by atoms with E-state index < -0.39 is 6.04 Å². The highest BCUT2D eigenvalue weighted by molar-refractivity contribution is 7.80. The zero-order chi connectivity index (χ0) is 25.2. The fraction of sp³-hybridized carbons (Fsp3) is 0.179. The molecule has 1 aliphatic heterocycles. The number of phenols is 1. The number of allylic oxidation sites excluding steroid dienone is 1. The van der Waals surface area contributed by atoms with Gasteiger partial charge in [0.2, 0.25) is 5.82 Å². The summed E-state index contributed by atoms with van der Waals surface area (Å²) < 4.78 is 11.0. The van der Waals surface area contributed by atoms with E-state index in [0.717, 1.165) is 28.0 Å². The van der Waals surface area contributed by atoms with Crippen LogP contribution in [-0.4, -0.2) is 32.4 Å². The van der Waals surface area contributed by atoms with Crippen LogP contribution in [0.2, 0.25) is 0 Å². The molecule has 0 bridgehead atoms. The smallest absolute Gasteiger partial charge is 0.258 e. The molecule has 4 aromatic rings. The molecule has 7 nitrogen and oxygen atoms in total. The minimum atomic E-state index is -0.410. The van der Waals surface area contributed by atoms with Crippen LogP contribution in [0.3, 0.4) is 0 Å². The van der Waals surface area contributed by atoms with Gasteiger partial charge in [-0.15, -0.1) is 0 Å². The van der Waals surface area contributed by atoms with Crippen LogP contribution in [0.4, 0.5) is 0 Å². The number of methoxy groups -OCH3 is 1. The Morgan fingerprint density at radius 3 is 2.58 bits per heavy atom. The lowest BCUT2D eigenvalue weighted by Crippen LogP contribution is -2.45. The van der Waals surface area contributed by atoms with Gasteiger partial charge >= 0.3 is 0 Å². The van der Waals surface area contributed by atoms with Crippen molar-refractivity contribution in [2.24, 2.45) is 0 Å². The van der Waals surface area contributed by atoms with E-state index in [2.05, 4.69) is 35.6 Å². The van der Waals surface area contributed by atoms with Crippen molar-refractivity contribution < 1.29 is 14.4 Å². The number of phenolic OH excluding ortho intramolecular Hbond substituents is 1. The van der Waals surface area contributed by atoms with Gasteiger partial charge in [0.25, 0.3) is 5.89 Å². The summed E-state index contributed by atoms with van der Waals surface area (Å²) in [7, 11) is 1.52. The second-order valence-corrected chi connectivity index (χ2v) is 9.06. The third-order valence-corrected chi connectivity index (χ3v) is 6.58. The van der Waals surface area contributed by atoms with Crippen LogP contribution in [0.15, 0.2) is 83.0 Å². The van der Waals surface area contributed by atoms with Gasteiger partial charge in [0.05, 0.1) is 18.7 Å². The maximum Gasteiger partial charge on any atom is 0.258 e. The lowest BCUT2D eigenvalue weighted by atomic mass is 9.94. The minimum absolute atomic E-state index is 0.0393. The van der Waals surface area contributed by atoms with E-state index in [1.807, 2.05) is 54.3 Å². The van der Waals surface area contributed by atoms with E-state index in [1.165, 1.54) is 12.7 Å². The number of hydrogen-bond donors (Lipinski definition) is 2. The van der Waals surface area contributed by atoms with Crippen molar-refractivity contribution in [3.63, 3.8) is 0 Å². The number of aryl methyl sites for hydroxylation is 1. The first kappa shape index (κ1) is 23.6. The van der Waals surface area contributed by atoms with Crippen LogP contribution in [0.25, 0.3) is 17.0 Å². The van der Waals surface area contributed by atoms with Crippen molar-refractivity contribution in [1.82, 2.24) is 20.4 Å². The Morgan fingerprint density at radius 2 is 1.86 bits per heavy atom. The molecular weight excluding hydrogens is 472 g/mol. The Bertz CT molecular complexity index is 1450. The number of ether oxygens (including phenoxy) is 1. The first-order valence-electron chi connectivity index (χ1n) is 11.6. The van der Waals surface area contributed by atoms with Gasteiger partial charge in [-0.2, -0.15) is 4.98 Å². The van der Waals surface area contributed by atoms with E-state index >= 15 is 0 Å². The third kappa shape index (κ3) is 4.55. The Labute approximate surface area is 215 Å². The molecule has 3 aromatic carbocycles. The molecule has 1 atom stereocenters. The molecule has 5 rings (SSSR count). The molecule has 2 heterocycles. The number of aromatic hydroxyl groups is 1. The van der Waals surface area contributed by atoms with Gasteiger partial charge in [0.15, 0.2) is 16.6 Å². The number of benzene rings is 3. The van der Waals surface area contributed by atoms with E-state index in [1.54, 1.807) is 12.1 Å². The van der Waals surface area contributed by atoms with Gasteiger partial charge < -0.3 is 24.6 Å². The van der Waals surface area contributed by atoms with Crippen molar-refractivity contribution in [3.05, 3.63) is 101 Å². The molecule has 0 spiro atoms. The normalized spacial score (nSPS) is 15.7. The Hall–Kier alpha value is -4.17. The van der Waals surface area contributed by atoms with Gasteiger partial charge in [-0.05, 0) is 49.3 Å². The molecule has 8 heteroatoms. The number of nitrogens with one attached hydrogen (secondary N) is 1. The van der Waals surface area contributed by atoms with Crippen molar-refractivity contribution in [2.75, 3.05) is 7.11 Å². The van der Waals surface area contributed by atoms with E-state index in [-0.39, 0.29) is 5.75 Å². The summed E-state index contributed by atoms with van der Waals surface area (Å²) in [5.41, 5.74) is 5.65. The highest BCUT2D eigenvalue weighted by atomic mass is 32.1. The molecule has 182 valence electrons. The van der Waals surface area contributed by atoms with Crippen LogP contribution in [-0.2, 0) is 6.54 Å². The molecule has 1 aliphatic rings. The van der Waals surface area contributed by atoms with Crippen LogP contribution < -0.4 is 10.1 Å². The van der Waals surface area contributed by atoms with E-state index in [4.69, 9.17) is 26.5 Å². The Kier molecular flexibility index (Phi) is 6.43. The zero-order valence-electron chi connectivity index (χ0n) is 20.2. The SMILES string of the molecule is COc1ccc(C2NC(=S)N(Cc3cccc(C)c3)C(C)=C2c2nc(-c3ccccc3)no2)cc1O. The summed E-state index contributed by atoms with van der Waals surface area (Å²) in [6, 6.07) is 22.9. The minimum Gasteiger partial charge on any atom is -0.504 e. The Balaban J connectivity index is 1.61. The molecule has 0 saturated carbocycles. The molecule has 0 amide bonds. The van der Waals surface area contributed by atoms with Gasteiger partial charge in [-0.25, -0.2) is 0 Å². The standard InChI is InChI=1S/C28H26N4O3S/c1-17-8-7-9-19(14-17)16-32-18(2)24(27-30-26(31-35-27)20-10-5-4-6-11-20)25(29-28(32)36)21-12-13-23(34-3)22(33)15-21/h4-15,25,33H,16H2,1-3H3,(H,29,36). The molecular formula is C28H26N4O3S. The average molecular weight is 499 g/mol. The highest BCUT2D eigenvalue weighted by Gasteiger charge is 2.34. The highest BCUT2D eigenvalue weighted by Crippen LogP contribution is 2.40. The second-order valence-electron chi connectivity index (χ2n) is 8.68. The van der Waals surface area contributed by atoms with Crippen molar-refractivity contribution >= 4 is 22.9 Å². The number of aromatic nitrogens is 2. The molecule has 1 unspecified atom stereocenters. The molecule has 2 N–H and O–H groups in total. The van der Waals surface area contributed by atoms with Crippen molar-refractivity contribution in [3.8, 4) is 22.9 Å². The summed E-state index contributed by atoms with van der Waals surface area (Å²) in [5.74, 6) is 1.32. The fourth-order valence-electron chi connectivity index (χ4n) is 4.42.